The summed E-state index contributed by atoms with van der Waals surface area (Å²) in [6, 6.07) is 7.00. The largest absolute Gasteiger partial charge is 0.504 e. The maximum atomic E-state index is 12.6. The van der Waals surface area contributed by atoms with Crippen LogP contribution in [-0.4, -0.2) is 29.3 Å². The minimum Gasteiger partial charge on any atom is -0.504 e. The average Bonchev–Trinajstić information content (AvgIpc) is 2.99. The van der Waals surface area contributed by atoms with Gasteiger partial charge in [-0.05, 0) is 12.5 Å². The molecule has 0 saturated heterocycles. The van der Waals surface area contributed by atoms with Crippen molar-refractivity contribution in [1.82, 2.24) is 8.75 Å². The predicted octanol–water partition coefficient (Wildman–Crippen LogP) is 3.48. The Hall–Kier alpha value is -0.826. The van der Waals surface area contributed by atoms with E-state index in [1.165, 1.54) is 7.05 Å². The topological polar surface area (TPSA) is 83.4 Å². The molecule has 6 nitrogen and oxygen atoms in total. The molecule has 2 aromatic rings. The molecule has 2 heterocycles. The number of rotatable bonds is 1. The monoisotopic (exact) mass is 443 g/mol. The van der Waals surface area contributed by atoms with E-state index in [2.05, 4.69) is 8.75 Å². The molecule has 0 aliphatic carbocycles. The van der Waals surface area contributed by atoms with E-state index >= 15 is 0 Å². The van der Waals surface area contributed by atoms with Crippen LogP contribution in [0.2, 0.25) is 0 Å². The van der Waals surface area contributed by atoms with Gasteiger partial charge in [-0.15, -0.1) is 0 Å². The number of sulfonamides is 1. The molecular weight excluding hydrogens is 423 g/mol. The zero-order valence-corrected chi connectivity index (χ0v) is 18.8. The molecule has 0 saturated carbocycles. The number of aliphatic hydroxyl groups excluding tert-OH is 1. The zero-order valence-electron chi connectivity index (χ0n) is 14.3. The predicted molar refractivity (Wildman–Crippen MR) is 95.6 cm³/mol. The van der Waals surface area contributed by atoms with Crippen molar-refractivity contribution in [2.24, 2.45) is 0 Å². The summed E-state index contributed by atoms with van der Waals surface area (Å²) in [6.45, 7) is 5.79. The molecule has 129 valence electrons. The van der Waals surface area contributed by atoms with E-state index in [4.69, 9.17) is 0 Å². The van der Waals surface area contributed by atoms with Crippen molar-refractivity contribution in [3.63, 3.8) is 0 Å². The van der Waals surface area contributed by atoms with E-state index in [0.717, 1.165) is 21.6 Å². The first-order valence-electron chi connectivity index (χ1n) is 6.75. The molecule has 1 aromatic carbocycles. The number of benzene rings is 1. The van der Waals surface area contributed by atoms with Crippen molar-refractivity contribution in [2.75, 3.05) is 11.4 Å². The van der Waals surface area contributed by atoms with Gasteiger partial charge in [-0.25, -0.2) is 12.7 Å². The summed E-state index contributed by atoms with van der Waals surface area (Å²) in [5.74, 6) is -0.189. The number of anilines is 1. The Labute approximate surface area is 172 Å². The summed E-state index contributed by atoms with van der Waals surface area (Å²) in [7, 11) is -2.44. The van der Waals surface area contributed by atoms with Crippen molar-refractivity contribution in [2.45, 2.75) is 20.8 Å². The summed E-state index contributed by atoms with van der Waals surface area (Å²) in [5, 5.41) is 10.3. The number of fused-ring (bicyclic) bond motifs is 1. The molecule has 0 unspecified atom stereocenters. The van der Waals surface area contributed by atoms with E-state index < -0.39 is 10.0 Å². The fourth-order valence-electron chi connectivity index (χ4n) is 2.11. The van der Waals surface area contributed by atoms with E-state index in [-0.39, 0.29) is 62.3 Å². The van der Waals surface area contributed by atoms with Crippen LogP contribution in [0.5, 0.6) is 0 Å². The summed E-state index contributed by atoms with van der Waals surface area (Å²) < 4.78 is 34.1. The Morgan fingerprint density at radius 2 is 1.75 bits per heavy atom. The second-order valence-electron chi connectivity index (χ2n) is 4.40. The molecule has 1 aliphatic rings. The van der Waals surface area contributed by atoms with E-state index in [9.17, 15) is 13.5 Å². The molecule has 0 spiro atoms. The quantitative estimate of drug-likeness (QED) is 0.683. The van der Waals surface area contributed by atoms with Gasteiger partial charge < -0.3 is 12.5 Å². The smallest absolute Gasteiger partial charge is 0.269 e. The van der Waals surface area contributed by atoms with Crippen LogP contribution in [0.4, 0.5) is 5.82 Å². The van der Waals surface area contributed by atoms with Gasteiger partial charge in [0.1, 0.15) is 4.91 Å². The van der Waals surface area contributed by atoms with Gasteiger partial charge in [0.2, 0.25) is 0 Å². The van der Waals surface area contributed by atoms with E-state index in [1.807, 2.05) is 19.9 Å². The first kappa shape index (κ1) is 23.2. The first-order valence-corrected chi connectivity index (χ1v) is 8.92. The SMILES string of the molecule is CC.Cc1ccccc1C1=C(O)c2nsnc2N(C)S1(=O)=O.[CH3-].[Y]. The number of nitrogens with zero attached hydrogens (tertiary/aromatic N) is 3. The second kappa shape index (κ2) is 9.03. The molecular formula is C15H20N3O3S2Y-. The summed E-state index contributed by atoms with van der Waals surface area (Å²) in [6.07, 6.45) is 0. The van der Waals surface area contributed by atoms with E-state index in [1.54, 1.807) is 25.1 Å². The van der Waals surface area contributed by atoms with Crippen LogP contribution in [0.15, 0.2) is 24.3 Å². The van der Waals surface area contributed by atoms with Crippen molar-refractivity contribution < 1.29 is 46.2 Å². The van der Waals surface area contributed by atoms with Crippen molar-refractivity contribution in [3.8, 4) is 0 Å². The van der Waals surface area contributed by atoms with Gasteiger partial charge in [0.15, 0.2) is 17.3 Å². The van der Waals surface area contributed by atoms with Crippen LogP contribution in [0.1, 0.15) is 30.7 Å². The molecule has 0 amide bonds. The standard InChI is InChI=1S/C12H11N3O3S2.C2H6.CH3.Y/c1-7-5-3-4-6-8(7)11-10(16)9-12(14-19-13-9)15(2)20(11,17)18;1-2;;/h3-6,16H,1-2H3;1-2H3;1H3;/q;;-1;. The molecule has 0 bridgehead atoms. The Kier molecular flexibility index (Phi) is 8.72. The Balaban J connectivity index is 0.00000128. The molecule has 9 heteroatoms. The van der Waals surface area contributed by atoms with Crippen molar-refractivity contribution in [3.05, 3.63) is 48.5 Å². The maximum absolute atomic E-state index is 12.6. The van der Waals surface area contributed by atoms with Crippen LogP contribution in [0.3, 0.4) is 0 Å². The van der Waals surface area contributed by atoms with Crippen LogP contribution in [0.25, 0.3) is 10.7 Å². The summed E-state index contributed by atoms with van der Waals surface area (Å²) in [5.41, 5.74) is 1.43. The second-order valence-corrected chi connectivity index (χ2v) is 6.84. The minimum absolute atomic E-state index is 0. The normalized spacial score (nSPS) is 14.6. The first-order chi connectivity index (χ1) is 10.4. The maximum Gasteiger partial charge on any atom is 0.269 e. The Morgan fingerprint density at radius 3 is 2.33 bits per heavy atom. The van der Waals surface area contributed by atoms with Gasteiger partial charge in [-0.3, -0.25) is 0 Å². The molecule has 0 atom stereocenters. The van der Waals surface area contributed by atoms with Gasteiger partial charge >= 0.3 is 0 Å². The number of hydrogen-bond donors (Lipinski definition) is 1. The molecule has 1 aromatic heterocycles. The molecule has 1 radical (unpaired) electrons. The molecule has 24 heavy (non-hydrogen) atoms. The van der Waals surface area contributed by atoms with Crippen LogP contribution in [-0.2, 0) is 42.7 Å². The van der Waals surface area contributed by atoms with Crippen molar-refractivity contribution >= 4 is 38.2 Å². The number of aryl methyl sites for hydroxylation is 1. The van der Waals surface area contributed by atoms with Crippen LogP contribution < -0.4 is 4.31 Å². The minimum atomic E-state index is -3.84. The fraction of sp³-hybridized carbons (Fsp3) is 0.267. The molecule has 3 rings (SSSR count). The third kappa shape index (κ3) is 3.71. The number of aliphatic hydroxyl groups is 1. The third-order valence-corrected chi connectivity index (χ3v) is 5.56. The van der Waals surface area contributed by atoms with Crippen molar-refractivity contribution in [1.29, 1.82) is 0 Å². The van der Waals surface area contributed by atoms with Gasteiger partial charge in [0, 0.05) is 45.3 Å². The van der Waals surface area contributed by atoms with Gasteiger partial charge in [0.25, 0.3) is 10.0 Å². The van der Waals surface area contributed by atoms with Crippen LogP contribution in [0, 0.1) is 14.4 Å². The van der Waals surface area contributed by atoms with Gasteiger partial charge in [-0.1, -0.05) is 38.1 Å². The molecule has 0 fully saturated rings. The summed E-state index contributed by atoms with van der Waals surface area (Å²) >= 11 is 0.865. The van der Waals surface area contributed by atoms with Gasteiger partial charge in [0.05, 0.1) is 11.7 Å². The number of aromatic nitrogens is 2. The third-order valence-electron chi connectivity index (χ3n) is 3.22. The average molecular weight is 443 g/mol. The summed E-state index contributed by atoms with van der Waals surface area (Å²) in [4.78, 5) is -0.127. The number of hydrogen-bond acceptors (Lipinski definition) is 6. The molecule has 1 aliphatic heterocycles. The van der Waals surface area contributed by atoms with E-state index in [0.29, 0.717) is 5.56 Å². The Morgan fingerprint density at radius 1 is 1.17 bits per heavy atom. The fourth-order valence-corrected chi connectivity index (χ4v) is 4.22. The van der Waals surface area contributed by atoms with Crippen LogP contribution >= 0.6 is 11.7 Å². The zero-order chi connectivity index (χ0) is 16.5. The Bertz CT molecular complexity index is 832. The van der Waals surface area contributed by atoms with Gasteiger partial charge in [-0.2, -0.15) is 8.75 Å². The molecule has 1 N–H and O–H groups in total.